The first-order valence-electron chi connectivity index (χ1n) is 6.66. The summed E-state index contributed by atoms with van der Waals surface area (Å²) >= 11 is 5.14. The summed E-state index contributed by atoms with van der Waals surface area (Å²) in [6, 6.07) is 6.00. The minimum atomic E-state index is 0.370. The van der Waals surface area contributed by atoms with Gasteiger partial charge in [-0.25, -0.2) is 4.98 Å². The standard InChI is InChI=1S/C15H16N4S/c1-9-5-6-11(8-17-9)18-15-12(14(16)20)7-10-3-2-4-13(10)19-15/h5-8H,2-4H2,1H3,(H2,16,20)(H,18,19). The summed E-state index contributed by atoms with van der Waals surface area (Å²) in [5, 5.41) is 3.27. The van der Waals surface area contributed by atoms with Gasteiger partial charge in [-0.3, -0.25) is 4.98 Å². The minimum Gasteiger partial charge on any atom is -0.389 e. The van der Waals surface area contributed by atoms with Gasteiger partial charge < -0.3 is 11.1 Å². The molecule has 2 aromatic heterocycles. The summed E-state index contributed by atoms with van der Waals surface area (Å²) in [5.41, 5.74) is 10.9. The van der Waals surface area contributed by atoms with Crippen molar-refractivity contribution in [2.75, 3.05) is 5.32 Å². The lowest BCUT2D eigenvalue weighted by atomic mass is 10.1. The third kappa shape index (κ3) is 2.49. The fraction of sp³-hybridized carbons (Fsp3) is 0.267. The van der Waals surface area contributed by atoms with E-state index in [1.165, 1.54) is 5.56 Å². The molecule has 0 bridgehead atoms. The number of pyridine rings is 2. The second-order valence-corrected chi connectivity index (χ2v) is 5.46. The Bertz CT molecular complexity index is 664. The summed E-state index contributed by atoms with van der Waals surface area (Å²) in [7, 11) is 0. The summed E-state index contributed by atoms with van der Waals surface area (Å²) in [4.78, 5) is 9.32. The van der Waals surface area contributed by atoms with E-state index in [1.807, 2.05) is 19.1 Å². The molecule has 2 aromatic rings. The fourth-order valence-corrected chi connectivity index (χ4v) is 2.59. The van der Waals surface area contributed by atoms with Crippen molar-refractivity contribution in [2.45, 2.75) is 26.2 Å². The lowest BCUT2D eigenvalue weighted by molar-refractivity contribution is 0.900. The fourth-order valence-electron chi connectivity index (χ4n) is 2.43. The van der Waals surface area contributed by atoms with E-state index >= 15 is 0 Å². The van der Waals surface area contributed by atoms with Crippen LogP contribution in [-0.2, 0) is 12.8 Å². The van der Waals surface area contributed by atoms with Crippen molar-refractivity contribution >= 4 is 28.7 Å². The molecule has 0 spiro atoms. The van der Waals surface area contributed by atoms with Crippen molar-refractivity contribution in [1.82, 2.24) is 9.97 Å². The Morgan fingerprint density at radius 3 is 2.90 bits per heavy atom. The highest BCUT2D eigenvalue weighted by atomic mass is 32.1. The highest BCUT2D eigenvalue weighted by Gasteiger charge is 2.17. The molecule has 0 aromatic carbocycles. The zero-order valence-electron chi connectivity index (χ0n) is 11.3. The van der Waals surface area contributed by atoms with Crippen LogP contribution in [0.15, 0.2) is 24.4 Å². The number of nitrogens with two attached hydrogens (primary N) is 1. The van der Waals surface area contributed by atoms with Gasteiger partial charge in [-0.15, -0.1) is 0 Å². The highest BCUT2D eigenvalue weighted by molar-refractivity contribution is 7.80. The summed E-state index contributed by atoms with van der Waals surface area (Å²) < 4.78 is 0. The van der Waals surface area contributed by atoms with Crippen LogP contribution in [-0.4, -0.2) is 15.0 Å². The summed E-state index contributed by atoms with van der Waals surface area (Å²) in [6.07, 6.45) is 5.01. The van der Waals surface area contributed by atoms with E-state index in [4.69, 9.17) is 18.0 Å². The number of nitrogens with zero attached hydrogens (tertiary/aromatic N) is 2. The number of fused-ring (bicyclic) bond motifs is 1. The van der Waals surface area contributed by atoms with Crippen molar-refractivity contribution in [3.05, 3.63) is 46.9 Å². The normalized spacial score (nSPS) is 13.1. The van der Waals surface area contributed by atoms with Crippen molar-refractivity contribution < 1.29 is 0 Å². The first-order chi connectivity index (χ1) is 9.63. The molecule has 2 heterocycles. The van der Waals surface area contributed by atoms with Crippen LogP contribution in [0.2, 0.25) is 0 Å². The SMILES string of the molecule is Cc1ccc(Nc2nc3c(cc2C(N)=S)CCC3)cn1. The Labute approximate surface area is 123 Å². The number of anilines is 2. The molecule has 20 heavy (non-hydrogen) atoms. The molecule has 1 aliphatic rings. The van der Waals surface area contributed by atoms with Crippen molar-refractivity contribution in [3.63, 3.8) is 0 Å². The maximum Gasteiger partial charge on any atom is 0.140 e. The van der Waals surface area contributed by atoms with Crippen LogP contribution >= 0.6 is 12.2 Å². The average Bonchev–Trinajstić information content (AvgIpc) is 2.87. The Balaban J connectivity index is 1.99. The monoisotopic (exact) mass is 284 g/mol. The molecule has 0 amide bonds. The lowest BCUT2D eigenvalue weighted by Gasteiger charge is -2.12. The molecule has 0 radical (unpaired) electrons. The zero-order valence-corrected chi connectivity index (χ0v) is 12.1. The van der Waals surface area contributed by atoms with Gasteiger partial charge >= 0.3 is 0 Å². The van der Waals surface area contributed by atoms with Crippen LogP contribution in [0.25, 0.3) is 0 Å². The molecular weight excluding hydrogens is 268 g/mol. The number of aryl methyl sites for hydroxylation is 3. The lowest BCUT2D eigenvalue weighted by Crippen LogP contribution is -2.14. The van der Waals surface area contributed by atoms with E-state index in [2.05, 4.69) is 21.4 Å². The maximum absolute atomic E-state index is 5.82. The van der Waals surface area contributed by atoms with Crippen LogP contribution in [0.4, 0.5) is 11.5 Å². The van der Waals surface area contributed by atoms with Crippen molar-refractivity contribution in [2.24, 2.45) is 5.73 Å². The zero-order chi connectivity index (χ0) is 14.1. The second-order valence-electron chi connectivity index (χ2n) is 5.02. The first kappa shape index (κ1) is 13.0. The van der Waals surface area contributed by atoms with Crippen LogP contribution in [0.5, 0.6) is 0 Å². The molecular formula is C15H16N4S. The molecule has 102 valence electrons. The van der Waals surface area contributed by atoms with Crippen molar-refractivity contribution in [3.8, 4) is 0 Å². The molecule has 0 fully saturated rings. The predicted molar refractivity (Wildman–Crippen MR) is 84.4 cm³/mol. The molecule has 1 aliphatic carbocycles. The number of hydrogen-bond donors (Lipinski definition) is 2. The molecule has 3 rings (SSSR count). The maximum atomic E-state index is 5.82. The Hall–Kier alpha value is -2.01. The van der Waals surface area contributed by atoms with Crippen LogP contribution in [0, 0.1) is 6.92 Å². The van der Waals surface area contributed by atoms with Crippen LogP contribution in [0.1, 0.15) is 28.9 Å². The Morgan fingerprint density at radius 1 is 1.35 bits per heavy atom. The van der Waals surface area contributed by atoms with E-state index in [9.17, 15) is 0 Å². The van der Waals surface area contributed by atoms with Gasteiger partial charge in [0.2, 0.25) is 0 Å². The molecule has 5 heteroatoms. The second kappa shape index (κ2) is 5.17. The number of nitrogens with one attached hydrogen (secondary N) is 1. The van der Waals surface area contributed by atoms with Gasteiger partial charge in [0.05, 0.1) is 17.4 Å². The van der Waals surface area contributed by atoms with Gasteiger partial charge in [0.25, 0.3) is 0 Å². The summed E-state index contributed by atoms with van der Waals surface area (Å²) in [6.45, 7) is 1.96. The predicted octanol–water partition coefficient (Wildman–Crippen LogP) is 2.65. The summed E-state index contributed by atoms with van der Waals surface area (Å²) in [5.74, 6) is 0.726. The van der Waals surface area contributed by atoms with Gasteiger partial charge in [-0.05, 0) is 49.9 Å². The van der Waals surface area contributed by atoms with E-state index in [1.54, 1.807) is 6.20 Å². The topological polar surface area (TPSA) is 63.8 Å². The van der Waals surface area contributed by atoms with Crippen molar-refractivity contribution in [1.29, 1.82) is 0 Å². The number of thiocarbonyl (C=S) groups is 1. The molecule has 0 saturated heterocycles. The molecule has 0 aliphatic heterocycles. The Morgan fingerprint density at radius 2 is 2.20 bits per heavy atom. The smallest absolute Gasteiger partial charge is 0.140 e. The first-order valence-corrected chi connectivity index (χ1v) is 7.06. The van der Waals surface area contributed by atoms with Crippen LogP contribution in [0.3, 0.4) is 0 Å². The average molecular weight is 284 g/mol. The van der Waals surface area contributed by atoms with E-state index in [-0.39, 0.29) is 0 Å². The van der Waals surface area contributed by atoms with Gasteiger partial charge in [-0.2, -0.15) is 0 Å². The molecule has 3 N–H and O–H groups in total. The van der Waals surface area contributed by atoms with Crippen LogP contribution < -0.4 is 11.1 Å². The number of rotatable bonds is 3. The Kier molecular flexibility index (Phi) is 3.36. The molecule has 4 nitrogen and oxygen atoms in total. The van der Waals surface area contributed by atoms with Gasteiger partial charge in [0.1, 0.15) is 10.8 Å². The van der Waals surface area contributed by atoms with Gasteiger partial charge in [-0.1, -0.05) is 12.2 Å². The number of hydrogen-bond acceptors (Lipinski definition) is 4. The van der Waals surface area contributed by atoms with Gasteiger partial charge in [0, 0.05) is 11.4 Å². The largest absolute Gasteiger partial charge is 0.389 e. The van der Waals surface area contributed by atoms with E-state index in [0.717, 1.165) is 47.7 Å². The minimum absolute atomic E-state index is 0.370. The highest BCUT2D eigenvalue weighted by Crippen LogP contribution is 2.27. The third-order valence-electron chi connectivity index (χ3n) is 3.49. The molecule has 0 saturated carbocycles. The van der Waals surface area contributed by atoms with E-state index < -0.39 is 0 Å². The quantitative estimate of drug-likeness (QED) is 0.848. The number of aromatic nitrogens is 2. The van der Waals surface area contributed by atoms with Gasteiger partial charge in [0.15, 0.2) is 0 Å². The van der Waals surface area contributed by atoms with E-state index in [0.29, 0.717) is 4.99 Å². The molecule has 0 atom stereocenters. The molecule has 0 unspecified atom stereocenters. The third-order valence-corrected chi connectivity index (χ3v) is 3.71.